The average Bonchev–Trinajstić information content (AvgIpc) is 2.69. The van der Waals surface area contributed by atoms with Crippen LogP contribution in [-0.2, 0) is 0 Å². The Morgan fingerprint density at radius 3 is 2.27 bits per heavy atom. The van der Waals surface area contributed by atoms with Crippen LogP contribution < -0.4 is 5.32 Å². The summed E-state index contributed by atoms with van der Waals surface area (Å²) in [6.07, 6.45) is 4.63. The summed E-state index contributed by atoms with van der Waals surface area (Å²) in [6, 6.07) is 1.54. The quantitative estimate of drug-likeness (QED) is 0.708. The number of fused-ring (bicyclic) bond motifs is 1. The highest BCUT2D eigenvalue weighted by atomic mass is 28.3. The average molecular weight is 225 g/mol. The van der Waals surface area contributed by atoms with Crippen molar-refractivity contribution >= 4 is 8.07 Å². The van der Waals surface area contributed by atoms with Gasteiger partial charge >= 0.3 is 0 Å². The van der Waals surface area contributed by atoms with Gasteiger partial charge in [-0.15, -0.1) is 0 Å². The van der Waals surface area contributed by atoms with Crippen molar-refractivity contribution in [2.45, 2.75) is 51.9 Å². The van der Waals surface area contributed by atoms with E-state index in [-0.39, 0.29) is 0 Å². The highest BCUT2D eigenvalue weighted by Crippen LogP contribution is 2.61. The normalized spacial score (nSPS) is 39.2. The lowest BCUT2D eigenvalue weighted by molar-refractivity contribution is 0.282. The second-order valence-corrected chi connectivity index (χ2v) is 12.7. The van der Waals surface area contributed by atoms with Crippen molar-refractivity contribution in [2.75, 3.05) is 13.1 Å². The minimum absolute atomic E-state index is 0.702. The molecule has 0 aliphatic heterocycles. The van der Waals surface area contributed by atoms with Crippen LogP contribution in [0.3, 0.4) is 0 Å². The van der Waals surface area contributed by atoms with Gasteiger partial charge in [0.15, 0.2) is 0 Å². The van der Waals surface area contributed by atoms with Gasteiger partial charge < -0.3 is 5.32 Å². The molecule has 2 atom stereocenters. The minimum atomic E-state index is -0.894. The van der Waals surface area contributed by atoms with Gasteiger partial charge in [-0.1, -0.05) is 32.6 Å². The van der Waals surface area contributed by atoms with Gasteiger partial charge in [-0.25, -0.2) is 0 Å². The summed E-state index contributed by atoms with van der Waals surface area (Å²) in [6.45, 7) is 12.3. The molecule has 0 spiro atoms. The van der Waals surface area contributed by atoms with Crippen molar-refractivity contribution in [3.05, 3.63) is 0 Å². The molecule has 0 aromatic heterocycles. The summed E-state index contributed by atoms with van der Waals surface area (Å²) < 4.78 is 0. The molecule has 1 N–H and O–H groups in total. The highest BCUT2D eigenvalue weighted by Gasteiger charge is 2.54. The molecule has 0 aromatic carbocycles. The Bertz CT molecular complexity index is 221. The van der Waals surface area contributed by atoms with Crippen LogP contribution in [0.25, 0.3) is 0 Å². The van der Waals surface area contributed by atoms with Gasteiger partial charge in [0.05, 0.1) is 0 Å². The predicted octanol–water partition coefficient (Wildman–Crippen LogP) is 3.35. The lowest BCUT2D eigenvalue weighted by Gasteiger charge is -2.36. The van der Waals surface area contributed by atoms with Crippen molar-refractivity contribution in [2.24, 2.45) is 17.3 Å². The third kappa shape index (κ3) is 2.85. The third-order valence-corrected chi connectivity index (χ3v) is 5.93. The van der Waals surface area contributed by atoms with Crippen molar-refractivity contribution in [1.82, 2.24) is 5.32 Å². The van der Waals surface area contributed by atoms with Crippen LogP contribution in [0.15, 0.2) is 0 Å². The molecule has 88 valence electrons. The number of hydrogen-bond donors (Lipinski definition) is 1. The molecular weight excluding hydrogens is 198 g/mol. The first-order valence-electron chi connectivity index (χ1n) is 6.65. The molecule has 0 radical (unpaired) electrons. The molecule has 0 bridgehead atoms. The third-order valence-electron chi connectivity index (χ3n) is 4.11. The maximum Gasteiger partial charge on any atom is 0.0448 e. The lowest BCUT2D eigenvalue weighted by Crippen LogP contribution is -2.39. The minimum Gasteiger partial charge on any atom is -0.316 e. The zero-order chi connectivity index (χ0) is 11.1. The van der Waals surface area contributed by atoms with Crippen LogP contribution in [0.1, 0.15) is 26.2 Å². The Balaban J connectivity index is 1.96. The standard InChI is InChI=1S/C13H27NSi/c1-5-14-9-13(10-15(2,3)4)7-11-6-12(11)8-13/h11-12,14H,5-10H2,1-4H3. The van der Waals surface area contributed by atoms with E-state index >= 15 is 0 Å². The Hall–Kier alpha value is 0.177. The molecule has 2 aliphatic rings. The molecule has 0 aromatic rings. The maximum atomic E-state index is 3.62. The van der Waals surface area contributed by atoms with E-state index < -0.39 is 8.07 Å². The number of nitrogens with one attached hydrogen (secondary N) is 1. The van der Waals surface area contributed by atoms with Gasteiger partial charge in [-0.3, -0.25) is 0 Å². The van der Waals surface area contributed by atoms with Gasteiger partial charge in [0.25, 0.3) is 0 Å². The van der Waals surface area contributed by atoms with Crippen molar-refractivity contribution in [3.8, 4) is 0 Å². The SMILES string of the molecule is CCNCC1(C[Si](C)(C)C)CC2CC2C1. The zero-order valence-electron chi connectivity index (χ0n) is 10.9. The predicted molar refractivity (Wildman–Crippen MR) is 70.0 cm³/mol. The first kappa shape index (κ1) is 11.7. The van der Waals surface area contributed by atoms with Gasteiger partial charge in [-0.05, 0) is 43.1 Å². The van der Waals surface area contributed by atoms with Crippen LogP contribution in [0, 0.1) is 17.3 Å². The summed E-state index contributed by atoms with van der Waals surface area (Å²) in [5.41, 5.74) is 0.702. The molecule has 2 saturated carbocycles. The Morgan fingerprint density at radius 1 is 1.20 bits per heavy atom. The molecular formula is C13H27NSi. The van der Waals surface area contributed by atoms with Crippen molar-refractivity contribution in [3.63, 3.8) is 0 Å². The summed E-state index contributed by atoms with van der Waals surface area (Å²) in [4.78, 5) is 0. The summed E-state index contributed by atoms with van der Waals surface area (Å²) in [7, 11) is -0.894. The van der Waals surface area contributed by atoms with E-state index in [2.05, 4.69) is 31.9 Å². The van der Waals surface area contributed by atoms with Crippen LogP contribution in [-0.4, -0.2) is 21.2 Å². The molecule has 0 amide bonds. The first-order valence-corrected chi connectivity index (χ1v) is 10.4. The van der Waals surface area contributed by atoms with Crippen LogP contribution in [0.4, 0.5) is 0 Å². The summed E-state index contributed by atoms with van der Waals surface area (Å²) in [5.74, 6) is 2.25. The number of hydrogen-bond acceptors (Lipinski definition) is 1. The topological polar surface area (TPSA) is 12.0 Å². The van der Waals surface area contributed by atoms with Gasteiger partial charge in [-0.2, -0.15) is 0 Å². The molecule has 2 unspecified atom stereocenters. The molecule has 15 heavy (non-hydrogen) atoms. The number of rotatable bonds is 5. The van der Waals surface area contributed by atoms with E-state index in [9.17, 15) is 0 Å². The van der Waals surface area contributed by atoms with E-state index in [4.69, 9.17) is 0 Å². The van der Waals surface area contributed by atoms with Crippen LogP contribution in [0.5, 0.6) is 0 Å². The highest BCUT2D eigenvalue weighted by molar-refractivity contribution is 6.76. The molecule has 2 rings (SSSR count). The molecule has 2 heteroatoms. The summed E-state index contributed by atoms with van der Waals surface area (Å²) in [5, 5.41) is 3.62. The Labute approximate surface area is 96.0 Å². The maximum absolute atomic E-state index is 3.62. The van der Waals surface area contributed by atoms with Crippen LogP contribution >= 0.6 is 0 Å². The summed E-state index contributed by atoms with van der Waals surface area (Å²) >= 11 is 0. The molecule has 2 aliphatic carbocycles. The van der Waals surface area contributed by atoms with E-state index in [1.165, 1.54) is 19.4 Å². The monoisotopic (exact) mass is 225 g/mol. The van der Waals surface area contributed by atoms with Gasteiger partial charge in [0, 0.05) is 14.6 Å². The van der Waals surface area contributed by atoms with Crippen molar-refractivity contribution in [1.29, 1.82) is 0 Å². The first-order chi connectivity index (χ1) is 6.94. The largest absolute Gasteiger partial charge is 0.316 e. The van der Waals surface area contributed by atoms with E-state index in [0.717, 1.165) is 18.4 Å². The second-order valence-electron chi connectivity index (χ2n) is 7.18. The fourth-order valence-electron chi connectivity index (χ4n) is 3.87. The van der Waals surface area contributed by atoms with Gasteiger partial charge in [0.1, 0.15) is 0 Å². The molecule has 0 saturated heterocycles. The Morgan fingerprint density at radius 2 is 1.80 bits per heavy atom. The smallest absolute Gasteiger partial charge is 0.0448 e. The second kappa shape index (κ2) is 3.88. The van der Waals surface area contributed by atoms with E-state index in [1.807, 2.05) is 0 Å². The Kier molecular flexibility index (Phi) is 3.02. The molecule has 2 fully saturated rings. The van der Waals surface area contributed by atoms with Gasteiger partial charge in [0.2, 0.25) is 0 Å². The fourth-order valence-corrected chi connectivity index (χ4v) is 6.54. The fraction of sp³-hybridized carbons (Fsp3) is 1.00. The van der Waals surface area contributed by atoms with E-state index in [1.54, 1.807) is 12.5 Å². The van der Waals surface area contributed by atoms with Crippen LogP contribution in [0.2, 0.25) is 25.7 Å². The zero-order valence-corrected chi connectivity index (χ0v) is 11.9. The van der Waals surface area contributed by atoms with E-state index in [0.29, 0.717) is 5.41 Å². The molecule has 1 nitrogen and oxygen atoms in total. The lowest BCUT2D eigenvalue weighted by atomic mass is 9.85. The molecule has 0 heterocycles. The van der Waals surface area contributed by atoms with Crippen molar-refractivity contribution < 1.29 is 0 Å².